The summed E-state index contributed by atoms with van der Waals surface area (Å²) in [5.74, 6) is 4.35. The molecule has 0 heterocycles. The monoisotopic (exact) mass is 457 g/mol. The van der Waals surface area contributed by atoms with Gasteiger partial charge < -0.3 is 9.47 Å². The molecule has 188 valence electrons. The van der Waals surface area contributed by atoms with Gasteiger partial charge in [-0.05, 0) is 91.3 Å². The van der Waals surface area contributed by atoms with Gasteiger partial charge in [0, 0.05) is 27.1 Å². The van der Waals surface area contributed by atoms with Gasteiger partial charge >= 0.3 is 0 Å². The Balaban J connectivity index is 1.54. The van der Waals surface area contributed by atoms with Crippen LogP contribution in [0, 0.1) is 63.1 Å². The van der Waals surface area contributed by atoms with Crippen molar-refractivity contribution in [1.82, 2.24) is 0 Å². The van der Waals surface area contributed by atoms with Crippen LogP contribution in [0.2, 0.25) is 0 Å². The maximum Gasteiger partial charge on any atom is 0.169 e. The smallest absolute Gasteiger partial charge is 0.169 e. The zero-order valence-corrected chi connectivity index (χ0v) is 22.7. The molecule has 4 fully saturated rings. The van der Waals surface area contributed by atoms with E-state index in [2.05, 4.69) is 40.7 Å². The van der Waals surface area contributed by atoms with Crippen LogP contribution in [0.25, 0.3) is 0 Å². The summed E-state index contributed by atoms with van der Waals surface area (Å²) in [5.41, 5.74) is 0.292. The molecule has 4 aliphatic rings. The average Bonchev–Trinajstić information content (AvgIpc) is 3.15. The van der Waals surface area contributed by atoms with Crippen molar-refractivity contribution in [2.24, 2.45) is 51.8 Å². The molecule has 0 aromatic rings. The lowest BCUT2D eigenvalue weighted by Gasteiger charge is -2.65. The summed E-state index contributed by atoms with van der Waals surface area (Å²) in [6, 6.07) is 2.88. The van der Waals surface area contributed by atoms with Gasteiger partial charge in [0.1, 0.15) is 0 Å². The second kappa shape index (κ2) is 9.13. The minimum atomic E-state index is -0.574. The van der Waals surface area contributed by atoms with Gasteiger partial charge in [0.15, 0.2) is 5.79 Å². The summed E-state index contributed by atoms with van der Waals surface area (Å²) in [5, 5.41) is 10.6. The second-order valence-corrected chi connectivity index (χ2v) is 13.6. The van der Waals surface area contributed by atoms with E-state index in [-0.39, 0.29) is 10.8 Å². The predicted molar refractivity (Wildman–Crippen MR) is 134 cm³/mol. The van der Waals surface area contributed by atoms with Gasteiger partial charge in [-0.2, -0.15) is 5.26 Å². The van der Waals surface area contributed by atoms with Crippen molar-refractivity contribution in [2.75, 3.05) is 14.2 Å². The van der Waals surface area contributed by atoms with Crippen molar-refractivity contribution in [3.05, 3.63) is 0 Å². The van der Waals surface area contributed by atoms with E-state index in [9.17, 15) is 5.26 Å². The average molecular weight is 458 g/mol. The summed E-state index contributed by atoms with van der Waals surface area (Å²) in [6.45, 7) is 12.4. The number of nitrogens with zero attached hydrogens (tertiary/aromatic N) is 1. The van der Waals surface area contributed by atoms with Gasteiger partial charge in [0.05, 0.1) is 11.5 Å². The first kappa shape index (κ1) is 25.5. The van der Waals surface area contributed by atoms with Crippen molar-refractivity contribution in [2.45, 2.75) is 117 Å². The Morgan fingerprint density at radius 1 is 0.879 bits per heavy atom. The standard InChI is InChI=1S/C30H51NO2/c1-21(2)9-8-10-22(3)24-11-12-25-23-13-16-29(20-31)19-30(32-6,33-7)18-17-28(29,5)26(23)14-15-27(24,25)4/h21-26H,8-19H2,1-7H3. The molecule has 3 nitrogen and oxygen atoms in total. The van der Waals surface area contributed by atoms with E-state index in [0.29, 0.717) is 11.3 Å². The van der Waals surface area contributed by atoms with E-state index in [1.54, 1.807) is 14.2 Å². The largest absolute Gasteiger partial charge is 0.353 e. The molecule has 4 aliphatic carbocycles. The highest BCUT2D eigenvalue weighted by Gasteiger charge is 2.67. The van der Waals surface area contributed by atoms with Crippen molar-refractivity contribution < 1.29 is 9.47 Å². The van der Waals surface area contributed by atoms with Crippen LogP contribution in [0.4, 0.5) is 0 Å². The molecular formula is C30H51NO2. The summed E-state index contributed by atoms with van der Waals surface area (Å²) >= 11 is 0. The van der Waals surface area contributed by atoms with E-state index in [0.717, 1.165) is 55.3 Å². The molecule has 3 heteroatoms. The van der Waals surface area contributed by atoms with Crippen molar-refractivity contribution in [3.8, 4) is 6.07 Å². The van der Waals surface area contributed by atoms with Crippen molar-refractivity contribution >= 4 is 0 Å². The van der Waals surface area contributed by atoms with Crippen LogP contribution in [0.1, 0.15) is 112 Å². The molecule has 0 aromatic heterocycles. The van der Waals surface area contributed by atoms with Crippen LogP contribution in [0.3, 0.4) is 0 Å². The highest BCUT2D eigenvalue weighted by molar-refractivity contribution is 5.20. The molecule has 4 rings (SSSR count). The first-order valence-corrected chi connectivity index (χ1v) is 14.1. The third-order valence-electron chi connectivity index (χ3n) is 12.0. The fourth-order valence-electron chi connectivity index (χ4n) is 9.93. The van der Waals surface area contributed by atoms with Crippen LogP contribution < -0.4 is 0 Å². The topological polar surface area (TPSA) is 42.2 Å². The third-order valence-corrected chi connectivity index (χ3v) is 12.0. The maximum atomic E-state index is 10.6. The Bertz CT molecular complexity index is 738. The zero-order chi connectivity index (χ0) is 24.1. The number of hydrogen-bond acceptors (Lipinski definition) is 3. The summed E-state index contributed by atoms with van der Waals surface area (Å²) in [7, 11) is 3.52. The number of ether oxygens (including phenoxy) is 2. The minimum Gasteiger partial charge on any atom is -0.353 e. The molecule has 8 atom stereocenters. The van der Waals surface area contributed by atoms with E-state index < -0.39 is 5.79 Å². The third kappa shape index (κ3) is 3.91. The van der Waals surface area contributed by atoms with Crippen molar-refractivity contribution in [1.29, 1.82) is 5.26 Å². The maximum absolute atomic E-state index is 10.6. The van der Waals surface area contributed by atoms with Crippen molar-refractivity contribution in [3.63, 3.8) is 0 Å². The van der Waals surface area contributed by atoms with Gasteiger partial charge in [-0.15, -0.1) is 0 Å². The normalized spacial score (nSPS) is 45.1. The molecular weight excluding hydrogens is 406 g/mol. The minimum absolute atomic E-state index is 0.0908. The fraction of sp³-hybridized carbons (Fsp3) is 0.967. The highest BCUT2D eigenvalue weighted by Crippen LogP contribution is 2.72. The molecule has 0 aromatic carbocycles. The Kier molecular flexibility index (Phi) is 7.05. The lowest BCUT2D eigenvalue weighted by atomic mass is 9.39. The summed E-state index contributed by atoms with van der Waals surface area (Å²) in [6.07, 6.45) is 14.7. The Morgan fingerprint density at radius 3 is 2.24 bits per heavy atom. The number of rotatable bonds is 7. The number of fused-ring (bicyclic) bond motifs is 5. The lowest BCUT2D eigenvalue weighted by molar-refractivity contribution is -0.275. The van der Waals surface area contributed by atoms with Gasteiger partial charge in [-0.3, -0.25) is 0 Å². The zero-order valence-electron chi connectivity index (χ0n) is 22.7. The Hall–Kier alpha value is -0.590. The molecule has 0 amide bonds. The molecule has 0 aliphatic heterocycles. The molecule has 0 spiro atoms. The van der Waals surface area contributed by atoms with Crippen LogP contribution >= 0.6 is 0 Å². The number of methoxy groups -OCH3 is 2. The van der Waals surface area contributed by atoms with E-state index in [4.69, 9.17) is 9.47 Å². The van der Waals surface area contributed by atoms with E-state index in [1.165, 1.54) is 51.4 Å². The fourth-order valence-corrected chi connectivity index (χ4v) is 9.93. The second-order valence-electron chi connectivity index (χ2n) is 13.6. The highest BCUT2D eigenvalue weighted by atomic mass is 16.7. The number of hydrogen-bond donors (Lipinski definition) is 0. The van der Waals surface area contributed by atoms with Gasteiger partial charge in [-0.1, -0.05) is 53.9 Å². The molecule has 0 saturated heterocycles. The Morgan fingerprint density at radius 2 is 1.61 bits per heavy atom. The van der Waals surface area contributed by atoms with Crippen LogP contribution in [-0.4, -0.2) is 20.0 Å². The van der Waals surface area contributed by atoms with Gasteiger partial charge in [-0.25, -0.2) is 0 Å². The van der Waals surface area contributed by atoms with Gasteiger partial charge in [0.25, 0.3) is 0 Å². The summed E-state index contributed by atoms with van der Waals surface area (Å²) in [4.78, 5) is 0. The molecule has 0 N–H and O–H groups in total. The molecule has 8 unspecified atom stereocenters. The number of nitriles is 1. The molecule has 0 radical (unpaired) electrons. The summed E-state index contributed by atoms with van der Waals surface area (Å²) < 4.78 is 11.8. The predicted octanol–water partition coefficient (Wildman–Crippen LogP) is 7.99. The van der Waals surface area contributed by atoms with Crippen LogP contribution in [0.5, 0.6) is 0 Å². The van der Waals surface area contributed by atoms with E-state index in [1.807, 2.05) is 0 Å². The van der Waals surface area contributed by atoms with Crippen LogP contribution in [0.15, 0.2) is 0 Å². The lowest BCUT2D eigenvalue weighted by Crippen LogP contribution is -2.61. The SMILES string of the molecule is COC1(OC)CCC2(C)C3CCC4(C)C(C(C)CCCC(C)C)CCC4C3CCC2(C#N)C1. The first-order valence-electron chi connectivity index (χ1n) is 14.1. The van der Waals surface area contributed by atoms with E-state index >= 15 is 0 Å². The van der Waals surface area contributed by atoms with Gasteiger partial charge in [0.2, 0.25) is 0 Å². The molecule has 0 bridgehead atoms. The Labute approximate surface area is 204 Å². The van der Waals surface area contributed by atoms with Crippen LogP contribution in [-0.2, 0) is 9.47 Å². The quantitative estimate of drug-likeness (QED) is 0.364. The first-order chi connectivity index (χ1) is 15.6. The molecule has 33 heavy (non-hydrogen) atoms. The molecule has 4 saturated carbocycles.